The second-order valence-corrected chi connectivity index (χ2v) is 6.45. The molecule has 0 unspecified atom stereocenters. The minimum atomic E-state index is -3.77. The molecule has 0 amide bonds. The highest BCUT2D eigenvalue weighted by atomic mass is 32.2. The van der Waals surface area contributed by atoms with Crippen LogP contribution in [0.25, 0.3) is 0 Å². The Morgan fingerprint density at radius 3 is 2.26 bits per heavy atom. The van der Waals surface area contributed by atoms with Crippen molar-refractivity contribution in [3.63, 3.8) is 0 Å². The molecule has 0 atom stereocenters. The van der Waals surface area contributed by atoms with Gasteiger partial charge in [-0.2, -0.15) is 0 Å². The molecule has 0 aliphatic rings. The normalized spacial score (nSPS) is 11.1. The van der Waals surface area contributed by atoms with Crippen LogP contribution in [-0.4, -0.2) is 14.2 Å². The Kier molecular flexibility index (Phi) is 3.99. The molecule has 0 fully saturated rings. The molecule has 0 spiro atoms. The number of ketones is 1. The van der Waals surface area contributed by atoms with E-state index in [0.717, 1.165) is 0 Å². The number of carbonyl (C=O) groups is 1. The first-order valence-corrected chi connectivity index (χ1v) is 8.31. The Balaban J connectivity index is 1.97. The van der Waals surface area contributed by atoms with E-state index in [1.807, 2.05) is 0 Å². The molecule has 5 nitrogen and oxygen atoms in total. The van der Waals surface area contributed by atoms with E-state index in [-0.39, 0.29) is 27.7 Å². The summed E-state index contributed by atoms with van der Waals surface area (Å²) in [6, 6.07) is 17.5. The van der Waals surface area contributed by atoms with Gasteiger partial charge in [0.1, 0.15) is 0 Å². The van der Waals surface area contributed by atoms with Crippen LogP contribution < -0.4 is 4.72 Å². The second kappa shape index (κ2) is 6.10. The molecule has 116 valence electrons. The molecule has 2 aromatic carbocycles. The number of nitrogens with one attached hydrogen (secondary N) is 1. The zero-order valence-corrected chi connectivity index (χ0v) is 12.8. The van der Waals surface area contributed by atoms with Crippen LogP contribution in [-0.2, 0) is 10.0 Å². The highest BCUT2D eigenvalue weighted by Crippen LogP contribution is 2.22. The summed E-state index contributed by atoms with van der Waals surface area (Å²) >= 11 is 0. The second-order valence-electron chi connectivity index (χ2n) is 4.77. The van der Waals surface area contributed by atoms with Crippen LogP contribution in [0, 0.1) is 0 Å². The predicted octanol–water partition coefficient (Wildman–Crippen LogP) is 3.31. The van der Waals surface area contributed by atoms with Gasteiger partial charge in [-0.1, -0.05) is 30.3 Å². The van der Waals surface area contributed by atoms with Crippen LogP contribution in [0.5, 0.6) is 0 Å². The summed E-state index contributed by atoms with van der Waals surface area (Å²) in [5.41, 5.74) is 0.430. The largest absolute Gasteiger partial charge is 0.461 e. The van der Waals surface area contributed by atoms with Crippen molar-refractivity contribution in [1.82, 2.24) is 0 Å². The standard InChI is InChI=1S/C17H13NO4S/c19-17(16-11-6-12-22-16)14-9-4-5-10-15(14)18-23(20,21)13-7-2-1-3-8-13/h1-12,18H. The summed E-state index contributed by atoms with van der Waals surface area (Å²) in [7, 11) is -3.77. The van der Waals surface area contributed by atoms with Crippen molar-refractivity contribution in [2.45, 2.75) is 4.90 Å². The maximum absolute atomic E-state index is 12.4. The van der Waals surface area contributed by atoms with Crippen LogP contribution in [0.4, 0.5) is 5.69 Å². The lowest BCUT2D eigenvalue weighted by molar-refractivity contribution is 0.101. The molecule has 1 heterocycles. The number of furan rings is 1. The number of para-hydroxylation sites is 1. The fourth-order valence-corrected chi connectivity index (χ4v) is 3.21. The summed E-state index contributed by atoms with van der Waals surface area (Å²) < 4.78 is 32.4. The molecule has 0 radical (unpaired) electrons. The molecule has 3 aromatic rings. The zero-order chi connectivity index (χ0) is 16.3. The quantitative estimate of drug-likeness (QED) is 0.729. The molecule has 0 aliphatic carbocycles. The Morgan fingerprint density at radius 2 is 1.57 bits per heavy atom. The molecule has 0 saturated heterocycles. The predicted molar refractivity (Wildman–Crippen MR) is 85.8 cm³/mol. The van der Waals surface area contributed by atoms with Crippen molar-refractivity contribution >= 4 is 21.5 Å². The average Bonchev–Trinajstić information content (AvgIpc) is 3.10. The van der Waals surface area contributed by atoms with Gasteiger partial charge in [-0.25, -0.2) is 8.42 Å². The zero-order valence-electron chi connectivity index (χ0n) is 12.0. The van der Waals surface area contributed by atoms with Crippen molar-refractivity contribution in [3.8, 4) is 0 Å². The summed E-state index contributed by atoms with van der Waals surface area (Å²) in [5, 5.41) is 0. The smallest absolute Gasteiger partial charge is 0.261 e. The van der Waals surface area contributed by atoms with E-state index in [4.69, 9.17) is 4.42 Å². The molecule has 3 rings (SSSR count). The number of benzene rings is 2. The van der Waals surface area contributed by atoms with Crippen molar-refractivity contribution in [1.29, 1.82) is 0 Å². The topological polar surface area (TPSA) is 76.4 Å². The number of rotatable bonds is 5. The first kappa shape index (κ1) is 15.1. The Labute approximate surface area is 133 Å². The summed E-state index contributed by atoms with van der Waals surface area (Å²) in [6.45, 7) is 0. The monoisotopic (exact) mass is 327 g/mol. The van der Waals surface area contributed by atoms with Crippen LogP contribution in [0.15, 0.2) is 82.3 Å². The molecule has 0 aliphatic heterocycles. The van der Waals surface area contributed by atoms with E-state index >= 15 is 0 Å². The van der Waals surface area contributed by atoms with Gasteiger partial charge in [0.15, 0.2) is 5.76 Å². The molecule has 23 heavy (non-hydrogen) atoms. The average molecular weight is 327 g/mol. The van der Waals surface area contributed by atoms with E-state index in [9.17, 15) is 13.2 Å². The Bertz CT molecular complexity index is 916. The molecule has 0 bridgehead atoms. The third kappa shape index (κ3) is 3.17. The SMILES string of the molecule is O=C(c1ccco1)c1ccccc1NS(=O)(=O)c1ccccc1. The third-order valence-corrected chi connectivity index (χ3v) is 4.60. The van der Waals surface area contributed by atoms with Gasteiger partial charge < -0.3 is 4.42 Å². The summed E-state index contributed by atoms with van der Waals surface area (Å²) in [6.07, 6.45) is 1.39. The molecule has 0 saturated carbocycles. The van der Waals surface area contributed by atoms with Gasteiger partial charge in [-0.3, -0.25) is 9.52 Å². The van der Waals surface area contributed by atoms with Gasteiger partial charge in [0.25, 0.3) is 10.0 Å². The molecule has 1 aromatic heterocycles. The van der Waals surface area contributed by atoms with Gasteiger partial charge in [0.05, 0.1) is 16.8 Å². The minimum absolute atomic E-state index is 0.125. The lowest BCUT2D eigenvalue weighted by atomic mass is 10.1. The fraction of sp³-hybridized carbons (Fsp3) is 0. The molecule has 1 N–H and O–H groups in total. The highest BCUT2D eigenvalue weighted by Gasteiger charge is 2.20. The Morgan fingerprint density at radius 1 is 0.870 bits per heavy atom. The van der Waals surface area contributed by atoms with Crippen LogP contribution in [0.1, 0.15) is 16.1 Å². The van der Waals surface area contributed by atoms with Crippen molar-refractivity contribution in [3.05, 3.63) is 84.3 Å². The van der Waals surface area contributed by atoms with Crippen molar-refractivity contribution in [2.24, 2.45) is 0 Å². The van der Waals surface area contributed by atoms with Crippen molar-refractivity contribution < 1.29 is 17.6 Å². The van der Waals surface area contributed by atoms with Gasteiger partial charge >= 0.3 is 0 Å². The maximum atomic E-state index is 12.4. The maximum Gasteiger partial charge on any atom is 0.261 e. The minimum Gasteiger partial charge on any atom is -0.461 e. The van der Waals surface area contributed by atoms with Gasteiger partial charge in [0.2, 0.25) is 5.78 Å². The van der Waals surface area contributed by atoms with Crippen LogP contribution >= 0.6 is 0 Å². The summed E-state index contributed by atoms with van der Waals surface area (Å²) in [4.78, 5) is 12.5. The molecular formula is C17H13NO4S. The highest BCUT2D eigenvalue weighted by molar-refractivity contribution is 7.92. The van der Waals surface area contributed by atoms with Crippen LogP contribution in [0.2, 0.25) is 0 Å². The summed E-state index contributed by atoms with van der Waals surface area (Å²) in [5.74, 6) is -0.238. The van der Waals surface area contributed by atoms with E-state index in [1.165, 1.54) is 30.5 Å². The third-order valence-electron chi connectivity index (χ3n) is 3.21. The van der Waals surface area contributed by atoms with Crippen LogP contribution in [0.3, 0.4) is 0 Å². The van der Waals surface area contributed by atoms with E-state index in [2.05, 4.69) is 4.72 Å². The van der Waals surface area contributed by atoms with Gasteiger partial charge in [-0.15, -0.1) is 0 Å². The van der Waals surface area contributed by atoms with Gasteiger partial charge in [0, 0.05) is 5.56 Å². The van der Waals surface area contributed by atoms with E-state index in [1.54, 1.807) is 42.5 Å². The number of hydrogen-bond acceptors (Lipinski definition) is 4. The van der Waals surface area contributed by atoms with E-state index in [0.29, 0.717) is 0 Å². The first-order chi connectivity index (χ1) is 11.1. The van der Waals surface area contributed by atoms with Gasteiger partial charge in [-0.05, 0) is 36.4 Å². The Hall–Kier alpha value is -2.86. The van der Waals surface area contributed by atoms with E-state index < -0.39 is 10.0 Å². The number of sulfonamides is 1. The lowest BCUT2D eigenvalue weighted by Gasteiger charge is -2.11. The molecular weight excluding hydrogens is 314 g/mol. The number of carbonyl (C=O) groups excluding carboxylic acids is 1. The van der Waals surface area contributed by atoms with Crippen molar-refractivity contribution in [2.75, 3.05) is 4.72 Å². The first-order valence-electron chi connectivity index (χ1n) is 6.83. The fourth-order valence-electron chi connectivity index (χ4n) is 2.11. The lowest BCUT2D eigenvalue weighted by Crippen LogP contribution is -2.15. The number of anilines is 1. The number of hydrogen-bond donors (Lipinski definition) is 1. The molecule has 6 heteroatoms.